The summed E-state index contributed by atoms with van der Waals surface area (Å²) in [6.45, 7) is 2.27. The van der Waals surface area contributed by atoms with Crippen LogP contribution in [-0.4, -0.2) is 22.4 Å². The number of rotatable bonds is 5. The zero-order chi connectivity index (χ0) is 15.2. The van der Waals surface area contributed by atoms with Crippen LogP contribution < -0.4 is 10.6 Å². The average molecular weight is 286 g/mol. The van der Waals surface area contributed by atoms with Crippen LogP contribution in [0.5, 0.6) is 0 Å². The summed E-state index contributed by atoms with van der Waals surface area (Å²) < 4.78 is 0. The molecule has 0 saturated carbocycles. The first kappa shape index (κ1) is 14.4. The largest absolute Gasteiger partial charge is 0.379 e. The third kappa shape index (κ3) is 3.33. The number of pyridine rings is 1. The molecule has 2 N–H and O–H groups in total. The number of nitrogens with zero attached hydrogens (tertiary/aromatic N) is 2. The molecule has 0 spiro atoms. The minimum atomic E-state index is -0.518. The summed E-state index contributed by atoms with van der Waals surface area (Å²) >= 11 is 0. The first-order chi connectivity index (χ1) is 10.1. The van der Waals surface area contributed by atoms with Gasteiger partial charge in [0.15, 0.2) is 0 Å². The van der Waals surface area contributed by atoms with Crippen molar-refractivity contribution < 1.29 is 9.72 Å². The minimum absolute atomic E-state index is 0.134. The van der Waals surface area contributed by atoms with Crippen LogP contribution in [0.2, 0.25) is 0 Å². The molecule has 1 aromatic carbocycles. The highest BCUT2D eigenvalue weighted by molar-refractivity contribution is 6.08. The Hall–Kier alpha value is -2.96. The molecule has 0 aliphatic carbocycles. The SMILES string of the molecule is CCNc1c(C(=O)Nc2ccccn2)cccc1[N+](=O)[O-]. The molecule has 1 heterocycles. The van der Waals surface area contributed by atoms with E-state index >= 15 is 0 Å². The van der Waals surface area contributed by atoms with E-state index in [4.69, 9.17) is 0 Å². The molecule has 0 fully saturated rings. The van der Waals surface area contributed by atoms with Gasteiger partial charge in [-0.1, -0.05) is 12.1 Å². The first-order valence-corrected chi connectivity index (χ1v) is 6.37. The lowest BCUT2D eigenvalue weighted by Crippen LogP contribution is -2.16. The maximum absolute atomic E-state index is 12.3. The summed E-state index contributed by atoms with van der Waals surface area (Å²) in [4.78, 5) is 26.8. The summed E-state index contributed by atoms with van der Waals surface area (Å²) in [7, 11) is 0. The van der Waals surface area contributed by atoms with Crippen LogP contribution >= 0.6 is 0 Å². The van der Waals surface area contributed by atoms with Crippen molar-refractivity contribution in [3.8, 4) is 0 Å². The maximum Gasteiger partial charge on any atom is 0.293 e. The molecule has 0 aliphatic heterocycles. The second-order valence-electron chi connectivity index (χ2n) is 4.16. The van der Waals surface area contributed by atoms with E-state index in [0.717, 1.165) is 0 Å². The van der Waals surface area contributed by atoms with Crippen LogP contribution in [0, 0.1) is 10.1 Å². The average Bonchev–Trinajstić information content (AvgIpc) is 2.48. The number of para-hydroxylation sites is 1. The number of benzene rings is 1. The first-order valence-electron chi connectivity index (χ1n) is 6.37. The van der Waals surface area contributed by atoms with Crippen LogP contribution in [0.15, 0.2) is 42.6 Å². The Morgan fingerprint density at radius 2 is 2.10 bits per heavy atom. The van der Waals surface area contributed by atoms with Crippen molar-refractivity contribution in [1.29, 1.82) is 0 Å². The van der Waals surface area contributed by atoms with Gasteiger partial charge in [0.25, 0.3) is 11.6 Å². The Labute approximate surface area is 121 Å². The van der Waals surface area contributed by atoms with E-state index in [1.807, 2.05) is 0 Å². The topological polar surface area (TPSA) is 97.2 Å². The van der Waals surface area contributed by atoms with Crippen molar-refractivity contribution in [2.24, 2.45) is 0 Å². The molecule has 2 rings (SSSR count). The predicted octanol–water partition coefficient (Wildman–Crippen LogP) is 2.67. The van der Waals surface area contributed by atoms with Crippen molar-refractivity contribution in [3.63, 3.8) is 0 Å². The third-order valence-corrected chi connectivity index (χ3v) is 2.74. The van der Waals surface area contributed by atoms with Crippen LogP contribution in [0.4, 0.5) is 17.2 Å². The fraction of sp³-hybridized carbons (Fsp3) is 0.143. The molecule has 1 amide bonds. The molecule has 7 nitrogen and oxygen atoms in total. The number of anilines is 2. The van der Waals surface area contributed by atoms with Gasteiger partial charge in [-0.05, 0) is 25.1 Å². The van der Waals surface area contributed by atoms with Gasteiger partial charge in [-0.2, -0.15) is 0 Å². The van der Waals surface area contributed by atoms with E-state index in [0.29, 0.717) is 12.4 Å². The number of hydrogen-bond donors (Lipinski definition) is 2. The second-order valence-corrected chi connectivity index (χ2v) is 4.16. The normalized spacial score (nSPS) is 9.95. The van der Waals surface area contributed by atoms with Crippen molar-refractivity contribution in [2.45, 2.75) is 6.92 Å². The molecule has 0 bridgehead atoms. The van der Waals surface area contributed by atoms with E-state index in [2.05, 4.69) is 15.6 Å². The number of aromatic nitrogens is 1. The molecule has 0 saturated heterocycles. The summed E-state index contributed by atoms with van der Waals surface area (Å²) in [5.74, 6) is -0.0650. The van der Waals surface area contributed by atoms with Crippen LogP contribution in [0.1, 0.15) is 17.3 Å². The van der Waals surface area contributed by atoms with Crippen LogP contribution in [0.3, 0.4) is 0 Å². The Balaban J connectivity index is 2.36. The third-order valence-electron chi connectivity index (χ3n) is 2.74. The molecule has 2 aromatic rings. The molecule has 108 valence electrons. The molecular weight excluding hydrogens is 272 g/mol. The van der Waals surface area contributed by atoms with Gasteiger partial charge in [-0.15, -0.1) is 0 Å². The molecular formula is C14H14N4O3. The van der Waals surface area contributed by atoms with E-state index in [9.17, 15) is 14.9 Å². The van der Waals surface area contributed by atoms with Gasteiger partial charge in [0.05, 0.1) is 10.5 Å². The van der Waals surface area contributed by atoms with Crippen molar-refractivity contribution in [2.75, 3.05) is 17.2 Å². The van der Waals surface area contributed by atoms with E-state index < -0.39 is 10.8 Å². The smallest absolute Gasteiger partial charge is 0.293 e. The Bertz CT molecular complexity index is 659. The number of hydrogen-bond acceptors (Lipinski definition) is 5. The van der Waals surface area contributed by atoms with Gasteiger partial charge in [0, 0.05) is 18.8 Å². The molecule has 0 unspecified atom stereocenters. The number of carbonyl (C=O) groups excluding carboxylic acids is 1. The highest BCUT2D eigenvalue weighted by atomic mass is 16.6. The lowest BCUT2D eigenvalue weighted by atomic mass is 10.1. The molecule has 0 aliphatic rings. The monoisotopic (exact) mass is 286 g/mol. The van der Waals surface area contributed by atoms with E-state index in [1.54, 1.807) is 31.3 Å². The predicted molar refractivity (Wildman–Crippen MR) is 79.5 cm³/mol. The molecule has 21 heavy (non-hydrogen) atoms. The standard InChI is InChI=1S/C14H14N4O3/c1-2-15-13-10(6-5-7-11(13)18(20)21)14(19)17-12-8-3-4-9-16-12/h3-9,15H,2H2,1H3,(H,16,17,19). The zero-order valence-electron chi connectivity index (χ0n) is 11.4. The Morgan fingerprint density at radius 3 is 2.71 bits per heavy atom. The molecule has 0 radical (unpaired) electrons. The van der Waals surface area contributed by atoms with Crippen molar-refractivity contribution >= 4 is 23.1 Å². The van der Waals surface area contributed by atoms with Gasteiger partial charge in [-0.25, -0.2) is 4.98 Å². The van der Waals surface area contributed by atoms with Gasteiger partial charge in [0.1, 0.15) is 11.5 Å². The van der Waals surface area contributed by atoms with Gasteiger partial charge in [-0.3, -0.25) is 14.9 Å². The van der Waals surface area contributed by atoms with Gasteiger partial charge in [0.2, 0.25) is 0 Å². The molecule has 7 heteroatoms. The van der Waals surface area contributed by atoms with Gasteiger partial charge < -0.3 is 10.6 Å². The van der Waals surface area contributed by atoms with E-state index in [-0.39, 0.29) is 16.9 Å². The van der Waals surface area contributed by atoms with Crippen LogP contribution in [0.25, 0.3) is 0 Å². The molecule has 0 atom stereocenters. The molecule has 1 aromatic heterocycles. The number of nitrogens with one attached hydrogen (secondary N) is 2. The second kappa shape index (κ2) is 6.47. The number of nitro benzene ring substituents is 1. The van der Waals surface area contributed by atoms with E-state index in [1.165, 1.54) is 18.2 Å². The summed E-state index contributed by atoms with van der Waals surface area (Å²) in [5, 5.41) is 16.5. The Kier molecular flexibility index (Phi) is 4.45. The maximum atomic E-state index is 12.3. The quantitative estimate of drug-likeness (QED) is 0.650. The summed E-state index contributed by atoms with van der Waals surface area (Å²) in [5.41, 5.74) is 0.278. The summed E-state index contributed by atoms with van der Waals surface area (Å²) in [6.07, 6.45) is 1.55. The number of carbonyl (C=O) groups is 1. The number of nitro groups is 1. The van der Waals surface area contributed by atoms with Crippen molar-refractivity contribution in [1.82, 2.24) is 4.98 Å². The zero-order valence-corrected chi connectivity index (χ0v) is 11.4. The summed E-state index contributed by atoms with van der Waals surface area (Å²) in [6, 6.07) is 9.47. The highest BCUT2D eigenvalue weighted by Crippen LogP contribution is 2.28. The Morgan fingerprint density at radius 1 is 1.29 bits per heavy atom. The highest BCUT2D eigenvalue weighted by Gasteiger charge is 2.21. The van der Waals surface area contributed by atoms with Crippen LogP contribution in [-0.2, 0) is 0 Å². The fourth-order valence-electron chi connectivity index (χ4n) is 1.86. The lowest BCUT2D eigenvalue weighted by molar-refractivity contribution is -0.384. The number of amides is 1. The van der Waals surface area contributed by atoms with Gasteiger partial charge >= 0.3 is 0 Å². The fourth-order valence-corrected chi connectivity index (χ4v) is 1.86. The van der Waals surface area contributed by atoms with Crippen molar-refractivity contribution in [3.05, 3.63) is 58.3 Å². The minimum Gasteiger partial charge on any atom is -0.379 e. The lowest BCUT2D eigenvalue weighted by Gasteiger charge is -2.11.